The van der Waals surface area contributed by atoms with Gasteiger partial charge in [-0.2, -0.15) is 0 Å². The Hall–Kier alpha value is -4.16. The number of imide groups is 2. The van der Waals surface area contributed by atoms with E-state index < -0.39 is 28.7 Å². The van der Waals surface area contributed by atoms with E-state index in [0.29, 0.717) is 8.95 Å². The number of rotatable bonds is 5. The van der Waals surface area contributed by atoms with Gasteiger partial charge < -0.3 is 4.74 Å². The number of esters is 1. The molecular formula is C25H15Br2N3O7. The minimum Gasteiger partial charge on any atom is -0.421 e. The van der Waals surface area contributed by atoms with Gasteiger partial charge in [0, 0.05) is 22.2 Å². The number of amides is 4. The van der Waals surface area contributed by atoms with Crippen molar-refractivity contribution in [3.05, 3.63) is 102 Å². The van der Waals surface area contributed by atoms with Crippen molar-refractivity contribution in [1.29, 1.82) is 0 Å². The number of barbiturate groups is 1. The first-order chi connectivity index (χ1) is 17.5. The molecule has 12 heteroatoms. The number of anilines is 1. The zero-order valence-corrected chi connectivity index (χ0v) is 22.0. The zero-order valence-electron chi connectivity index (χ0n) is 18.9. The maximum Gasteiger partial charge on any atom is 0.343 e. The maximum absolute atomic E-state index is 13.3. The average molecular weight is 629 g/mol. The number of urea groups is 1. The van der Waals surface area contributed by atoms with Gasteiger partial charge in [-0.05, 0) is 70.9 Å². The van der Waals surface area contributed by atoms with Crippen molar-refractivity contribution < 1.29 is 28.8 Å². The molecule has 4 rings (SSSR count). The molecule has 1 fully saturated rings. The van der Waals surface area contributed by atoms with Gasteiger partial charge >= 0.3 is 12.0 Å². The Labute approximate surface area is 226 Å². The number of non-ortho nitro benzene ring substituents is 1. The van der Waals surface area contributed by atoms with Crippen LogP contribution in [0, 0.1) is 17.0 Å². The fourth-order valence-corrected chi connectivity index (χ4v) is 4.82. The van der Waals surface area contributed by atoms with Crippen molar-refractivity contribution in [1.82, 2.24) is 5.32 Å². The molecule has 0 radical (unpaired) electrons. The molecule has 1 N–H and O–H groups in total. The Balaban J connectivity index is 1.73. The summed E-state index contributed by atoms with van der Waals surface area (Å²) in [5.41, 5.74) is 0.744. The van der Waals surface area contributed by atoms with Crippen LogP contribution in [0.5, 0.6) is 5.75 Å². The SMILES string of the molecule is Cc1cccc(N2C(=O)NC(=O)/C(=C/c3cc(Br)cc(Br)c3OC(=O)c3ccc([N+](=O)[O-])cc3)C2=O)c1. The van der Waals surface area contributed by atoms with Crippen LogP contribution >= 0.6 is 31.9 Å². The summed E-state index contributed by atoms with van der Waals surface area (Å²) in [4.78, 5) is 62.3. The third-order valence-electron chi connectivity index (χ3n) is 5.21. The second-order valence-electron chi connectivity index (χ2n) is 7.80. The third-order valence-corrected chi connectivity index (χ3v) is 6.25. The number of aryl methyl sites for hydroxylation is 1. The van der Waals surface area contributed by atoms with Crippen LogP contribution in [0.3, 0.4) is 0 Å². The average Bonchev–Trinajstić information content (AvgIpc) is 2.83. The van der Waals surface area contributed by atoms with Crippen molar-refractivity contribution >= 4 is 73.1 Å². The number of nitrogens with zero attached hydrogens (tertiary/aromatic N) is 2. The summed E-state index contributed by atoms with van der Waals surface area (Å²) in [6.45, 7) is 1.79. The molecular weight excluding hydrogens is 614 g/mol. The van der Waals surface area contributed by atoms with Gasteiger partial charge in [-0.1, -0.05) is 28.1 Å². The van der Waals surface area contributed by atoms with Crippen LogP contribution in [0.1, 0.15) is 21.5 Å². The topological polar surface area (TPSA) is 136 Å². The molecule has 3 aromatic rings. The van der Waals surface area contributed by atoms with Crippen molar-refractivity contribution in [2.24, 2.45) is 0 Å². The highest BCUT2D eigenvalue weighted by atomic mass is 79.9. The lowest BCUT2D eigenvalue weighted by molar-refractivity contribution is -0.384. The van der Waals surface area contributed by atoms with Crippen molar-refractivity contribution in [3.63, 3.8) is 0 Å². The molecule has 37 heavy (non-hydrogen) atoms. The number of nitro groups is 1. The number of carbonyl (C=O) groups is 4. The van der Waals surface area contributed by atoms with E-state index in [4.69, 9.17) is 4.74 Å². The predicted octanol–water partition coefficient (Wildman–Crippen LogP) is 5.31. The number of benzene rings is 3. The van der Waals surface area contributed by atoms with Crippen molar-refractivity contribution in [2.45, 2.75) is 6.92 Å². The van der Waals surface area contributed by atoms with Gasteiger partial charge in [-0.15, -0.1) is 0 Å². The second kappa shape index (κ2) is 10.4. The lowest BCUT2D eigenvalue weighted by Gasteiger charge is -2.26. The summed E-state index contributed by atoms with van der Waals surface area (Å²) in [6, 6.07) is 13.7. The minimum atomic E-state index is -0.914. The van der Waals surface area contributed by atoms with Crippen LogP contribution in [0.4, 0.5) is 16.2 Å². The quantitative estimate of drug-likeness (QED) is 0.101. The van der Waals surface area contributed by atoms with Crippen molar-refractivity contribution in [2.75, 3.05) is 4.90 Å². The zero-order chi connectivity index (χ0) is 26.9. The number of nitro benzene ring substituents is 1. The number of carbonyl (C=O) groups excluding carboxylic acids is 4. The van der Waals surface area contributed by atoms with E-state index in [0.717, 1.165) is 22.6 Å². The molecule has 0 unspecified atom stereocenters. The van der Waals surface area contributed by atoms with Crippen LogP contribution in [0.25, 0.3) is 6.08 Å². The summed E-state index contributed by atoms with van der Waals surface area (Å²) in [5, 5.41) is 13.0. The molecule has 0 aliphatic carbocycles. The first kappa shape index (κ1) is 25.9. The number of ether oxygens (including phenoxy) is 1. The Morgan fingerprint density at radius 1 is 1.05 bits per heavy atom. The molecule has 10 nitrogen and oxygen atoms in total. The number of hydrogen-bond donors (Lipinski definition) is 1. The molecule has 0 aromatic heterocycles. The summed E-state index contributed by atoms with van der Waals surface area (Å²) < 4.78 is 6.39. The maximum atomic E-state index is 13.3. The molecule has 0 saturated carbocycles. The lowest BCUT2D eigenvalue weighted by atomic mass is 10.1. The van der Waals surface area contributed by atoms with Gasteiger partial charge in [-0.25, -0.2) is 14.5 Å². The largest absolute Gasteiger partial charge is 0.421 e. The van der Waals surface area contributed by atoms with Gasteiger partial charge in [0.25, 0.3) is 17.5 Å². The van der Waals surface area contributed by atoms with Gasteiger partial charge in [0.05, 0.1) is 20.6 Å². The van der Waals surface area contributed by atoms with Gasteiger partial charge in [-0.3, -0.25) is 25.0 Å². The van der Waals surface area contributed by atoms with Gasteiger partial charge in [0.15, 0.2) is 5.75 Å². The highest BCUT2D eigenvalue weighted by Gasteiger charge is 2.37. The Bertz CT molecular complexity index is 1520. The Morgan fingerprint density at radius 3 is 2.41 bits per heavy atom. The number of hydrogen-bond acceptors (Lipinski definition) is 7. The standard InChI is InChI=1S/C25H15Br2N3O7/c1-13-3-2-4-18(9-13)29-23(32)19(22(31)28-25(29)34)11-15-10-16(26)12-20(27)21(15)37-24(33)14-5-7-17(8-6-14)30(35)36/h2-12H,1H3,(H,28,31,34)/b19-11-. The molecule has 0 atom stereocenters. The smallest absolute Gasteiger partial charge is 0.343 e. The van der Waals surface area contributed by atoms with Gasteiger partial charge in [0.1, 0.15) is 5.57 Å². The Kier molecular flexibility index (Phi) is 7.32. The minimum absolute atomic E-state index is 0.0151. The molecule has 1 saturated heterocycles. The van der Waals surface area contributed by atoms with E-state index in [1.807, 2.05) is 0 Å². The van der Waals surface area contributed by atoms with Crippen LogP contribution in [0.15, 0.2) is 75.2 Å². The van der Waals surface area contributed by atoms with Crippen LogP contribution in [0.2, 0.25) is 0 Å². The number of halogens is 2. The van der Waals surface area contributed by atoms with E-state index in [1.165, 1.54) is 24.3 Å². The summed E-state index contributed by atoms with van der Waals surface area (Å²) in [5.74, 6) is -2.61. The van der Waals surface area contributed by atoms with E-state index in [2.05, 4.69) is 37.2 Å². The lowest BCUT2D eigenvalue weighted by Crippen LogP contribution is -2.54. The van der Waals surface area contributed by atoms with Crippen molar-refractivity contribution in [3.8, 4) is 5.75 Å². The second-order valence-corrected chi connectivity index (χ2v) is 9.57. The molecule has 1 aliphatic heterocycles. The third kappa shape index (κ3) is 5.49. The van der Waals surface area contributed by atoms with Gasteiger partial charge in [0.2, 0.25) is 0 Å². The summed E-state index contributed by atoms with van der Waals surface area (Å²) in [6.07, 6.45) is 1.21. The number of nitrogens with one attached hydrogen (secondary N) is 1. The fourth-order valence-electron chi connectivity index (χ4n) is 3.48. The molecule has 186 valence electrons. The summed E-state index contributed by atoms with van der Waals surface area (Å²) in [7, 11) is 0. The fraction of sp³-hybridized carbons (Fsp3) is 0.0400. The van der Waals surface area contributed by atoms with Crippen LogP contribution in [-0.4, -0.2) is 28.7 Å². The molecule has 0 bridgehead atoms. The molecule has 1 heterocycles. The summed E-state index contributed by atoms with van der Waals surface area (Å²) >= 11 is 6.64. The van der Waals surface area contributed by atoms with Crippen LogP contribution in [-0.2, 0) is 9.59 Å². The first-order valence-electron chi connectivity index (χ1n) is 10.5. The van der Waals surface area contributed by atoms with E-state index in [1.54, 1.807) is 37.3 Å². The molecule has 3 aromatic carbocycles. The normalized spacial score (nSPS) is 14.5. The van der Waals surface area contributed by atoms with E-state index in [9.17, 15) is 29.3 Å². The Morgan fingerprint density at radius 2 is 1.76 bits per heavy atom. The van der Waals surface area contributed by atoms with E-state index >= 15 is 0 Å². The van der Waals surface area contributed by atoms with E-state index in [-0.39, 0.29) is 33.8 Å². The monoisotopic (exact) mass is 627 g/mol. The molecule has 0 spiro atoms. The molecule has 4 amide bonds. The highest BCUT2D eigenvalue weighted by Crippen LogP contribution is 2.36. The van der Waals surface area contributed by atoms with Crippen LogP contribution < -0.4 is 15.0 Å². The molecule has 1 aliphatic rings. The predicted molar refractivity (Wildman–Crippen MR) is 140 cm³/mol. The highest BCUT2D eigenvalue weighted by molar-refractivity contribution is 9.11. The first-order valence-corrected chi connectivity index (χ1v) is 12.1.